The van der Waals surface area contributed by atoms with Gasteiger partial charge in [-0.3, -0.25) is 14.5 Å². The first-order valence-corrected chi connectivity index (χ1v) is 9.39. The smallest absolute Gasteiger partial charge is 0.246 e. The van der Waals surface area contributed by atoms with Crippen molar-refractivity contribution in [3.8, 4) is 17.2 Å². The lowest BCUT2D eigenvalue weighted by Crippen LogP contribution is -2.50. The van der Waals surface area contributed by atoms with Gasteiger partial charge in [0.2, 0.25) is 17.6 Å². The molecule has 1 N–H and O–H groups in total. The zero-order chi connectivity index (χ0) is 21.2. The zero-order valence-electron chi connectivity index (χ0n) is 17.4. The summed E-state index contributed by atoms with van der Waals surface area (Å²) < 4.78 is 16.0. The number of amides is 2. The molecule has 8 nitrogen and oxygen atoms in total. The Bertz CT molecular complexity index is 743. The van der Waals surface area contributed by atoms with Gasteiger partial charge in [-0.15, -0.1) is 0 Å². The lowest BCUT2D eigenvalue weighted by atomic mass is 10.1. The van der Waals surface area contributed by atoms with Crippen LogP contribution in [-0.2, 0) is 9.59 Å². The van der Waals surface area contributed by atoms with Crippen molar-refractivity contribution in [3.05, 3.63) is 35.9 Å². The summed E-state index contributed by atoms with van der Waals surface area (Å²) in [5.74, 6) is 1.62. The molecule has 1 fully saturated rings. The molecule has 1 heterocycles. The highest BCUT2D eigenvalue weighted by molar-refractivity contribution is 5.88. The van der Waals surface area contributed by atoms with Crippen molar-refractivity contribution in [2.24, 2.45) is 0 Å². The second-order valence-corrected chi connectivity index (χ2v) is 6.45. The minimum atomic E-state index is -0.0425. The van der Waals surface area contributed by atoms with Crippen LogP contribution in [0.25, 0.3) is 6.08 Å². The predicted molar refractivity (Wildman–Crippen MR) is 111 cm³/mol. The van der Waals surface area contributed by atoms with Crippen LogP contribution in [0.15, 0.2) is 30.4 Å². The summed E-state index contributed by atoms with van der Waals surface area (Å²) in [6, 6.07) is 3.67. The van der Waals surface area contributed by atoms with Crippen LogP contribution in [0.4, 0.5) is 0 Å². The quantitative estimate of drug-likeness (QED) is 0.519. The van der Waals surface area contributed by atoms with E-state index in [-0.39, 0.29) is 11.8 Å². The van der Waals surface area contributed by atoms with Crippen LogP contribution in [-0.4, -0.2) is 82.7 Å². The van der Waals surface area contributed by atoms with Gasteiger partial charge >= 0.3 is 0 Å². The van der Waals surface area contributed by atoms with E-state index >= 15 is 0 Å². The zero-order valence-corrected chi connectivity index (χ0v) is 17.4. The number of likely N-dealkylation sites (N-methyl/N-ethyl adjacent to an activating group) is 1. The Balaban J connectivity index is 1.92. The highest BCUT2D eigenvalue weighted by Crippen LogP contribution is 2.38. The largest absolute Gasteiger partial charge is 0.493 e. The maximum atomic E-state index is 12.3. The van der Waals surface area contributed by atoms with Crippen LogP contribution in [0, 0.1) is 0 Å². The van der Waals surface area contributed by atoms with E-state index in [0.717, 1.165) is 5.56 Å². The van der Waals surface area contributed by atoms with Gasteiger partial charge in [0.25, 0.3) is 0 Å². The van der Waals surface area contributed by atoms with E-state index in [1.165, 1.54) is 0 Å². The third-order valence-electron chi connectivity index (χ3n) is 4.66. The molecule has 0 bridgehead atoms. The van der Waals surface area contributed by atoms with E-state index in [1.54, 1.807) is 51.5 Å². The molecule has 2 rings (SSSR count). The first kappa shape index (κ1) is 22.3. The summed E-state index contributed by atoms with van der Waals surface area (Å²) in [6.07, 6.45) is 6.90. The Hall–Kier alpha value is -3.00. The average molecular weight is 403 g/mol. The molecule has 0 saturated carbocycles. The van der Waals surface area contributed by atoms with Crippen molar-refractivity contribution in [2.45, 2.75) is 0 Å². The number of piperazine rings is 1. The third kappa shape index (κ3) is 6.25. The highest BCUT2D eigenvalue weighted by atomic mass is 16.5. The van der Waals surface area contributed by atoms with E-state index in [2.05, 4.69) is 5.32 Å². The number of carbonyl (C=O) groups excluding carboxylic acids is 2. The summed E-state index contributed by atoms with van der Waals surface area (Å²) in [7, 11) is 6.32. The van der Waals surface area contributed by atoms with E-state index in [0.29, 0.717) is 50.0 Å². The van der Waals surface area contributed by atoms with Crippen LogP contribution in [0.1, 0.15) is 5.56 Å². The molecule has 8 heteroatoms. The normalized spacial score (nSPS) is 15.0. The van der Waals surface area contributed by atoms with Gasteiger partial charge in [0.15, 0.2) is 11.5 Å². The van der Waals surface area contributed by atoms with Gasteiger partial charge in [0.05, 0.1) is 27.9 Å². The van der Waals surface area contributed by atoms with Crippen LogP contribution in [0.5, 0.6) is 17.2 Å². The molecular weight excluding hydrogens is 374 g/mol. The third-order valence-corrected chi connectivity index (χ3v) is 4.66. The lowest BCUT2D eigenvalue weighted by molar-refractivity contribution is -0.128. The second kappa shape index (κ2) is 11.1. The van der Waals surface area contributed by atoms with E-state index < -0.39 is 0 Å². The summed E-state index contributed by atoms with van der Waals surface area (Å²) in [5.41, 5.74) is 0.861. The van der Waals surface area contributed by atoms with Gasteiger partial charge in [-0.25, -0.2) is 0 Å². The number of benzene rings is 1. The molecule has 158 valence electrons. The van der Waals surface area contributed by atoms with Gasteiger partial charge in [-0.1, -0.05) is 18.2 Å². The molecule has 29 heavy (non-hydrogen) atoms. The lowest BCUT2D eigenvalue weighted by Gasteiger charge is -2.33. The van der Waals surface area contributed by atoms with Gasteiger partial charge in [0.1, 0.15) is 0 Å². The fraction of sp³-hybridized carbons (Fsp3) is 0.429. The van der Waals surface area contributed by atoms with Crippen molar-refractivity contribution >= 4 is 17.9 Å². The molecule has 0 unspecified atom stereocenters. The van der Waals surface area contributed by atoms with Crippen molar-refractivity contribution in [3.63, 3.8) is 0 Å². The monoisotopic (exact) mass is 403 g/mol. The molecule has 0 atom stereocenters. The van der Waals surface area contributed by atoms with Crippen molar-refractivity contribution < 1.29 is 23.8 Å². The molecule has 0 radical (unpaired) electrons. The number of nitrogens with one attached hydrogen (secondary N) is 1. The summed E-state index contributed by atoms with van der Waals surface area (Å²) in [4.78, 5) is 27.6. The Morgan fingerprint density at radius 1 is 1.00 bits per heavy atom. The Morgan fingerprint density at radius 3 is 2.14 bits per heavy atom. The van der Waals surface area contributed by atoms with E-state index in [9.17, 15) is 9.59 Å². The Kier molecular flexibility index (Phi) is 8.54. The number of carbonyl (C=O) groups is 2. The second-order valence-electron chi connectivity index (χ2n) is 6.45. The molecule has 1 saturated heterocycles. The van der Waals surface area contributed by atoms with Gasteiger partial charge in [-0.2, -0.15) is 0 Å². The summed E-state index contributed by atoms with van der Waals surface area (Å²) in [5, 5.41) is 2.61. The number of ether oxygens (including phenoxy) is 3. The number of nitrogens with zero attached hydrogens (tertiary/aromatic N) is 2. The van der Waals surface area contributed by atoms with Crippen molar-refractivity contribution in [1.29, 1.82) is 0 Å². The van der Waals surface area contributed by atoms with Crippen LogP contribution in [0.3, 0.4) is 0 Å². The molecule has 1 aliphatic heterocycles. The maximum Gasteiger partial charge on any atom is 0.246 e. The fourth-order valence-electron chi connectivity index (χ4n) is 3.02. The highest BCUT2D eigenvalue weighted by Gasteiger charge is 2.20. The molecule has 0 spiro atoms. The number of allylic oxidation sites excluding steroid dienone is 2. The molecule has 2 amide bonds. The summed E-state index contributed by atoms with van der Waals surface area (Å²) >= 11 is 0. The Labute approximate surface area is 171 Å². The maximum absolute atomic E-state index is 12.3. The number of hydrogen-bond acceptors (Lipinski definition) is 6. The standard InChI is InChI=1S/C21H29N3O5/c1-22-19(25)15-23-9-11-24(12-10-23)20(26)8-6-5-7-16-13-17(27-2)21(29-4)18(14-16)28-3/h5-8,13-14H,9-12,15H2,1-4H3,(H,22,25). The van der Waals surface area contributed by atoms with Gasteiger partial charge < -0.3 is 24.4 Å². The number of rotatable bonds is 8. The number of methoxy groups -OCH3 is 3. The Morgan fingerprint density at radius 2 is 1.62 bits per heavy atom. The molecule has 0 aromatic heterocycles. The van der Waals surface area contributed by atoms with E-state index in [4.69, 9.17) is 14.2 Å². The first-order valence-electron chi connectivity index (χ1n) is 9.39. The van der Waals surface area contributed by atoms with E-state index in [1.807, 2.05) is 23.1 Å². The fourth-order valence-corrected chi connectivity index (χ4v) is 3.02. The van der Waals surface area contributed by atoms with Gasteiger partial charge in [-0.05, 0) is 17.7 Å². The molecule has 1 aromatic rings. The van der Waals surface area contributed by atoms with Crippen molar-refractivity contribution in [1.82, 2.24) is 15.1 Å². The first-order chi connectivity index (χ1) is 14.0. The minimum absolute atomic E-state index is 0.0124. The number of hydrogen-bond donors (Lipinski definition) is 1. The summed E-state index contributed by atoms with van der Waals surface area (Å²) in [6.45, 7) is 2.96. The molecule has 1 aromatic carbocycles. The van der Waals surface area contributed by atoms with Crippen LogP contribution in [0.2, 0.25) is 0 Å². The molecular formula is C21H29N3O5. The van der Waals surface area contributed by atoms with Crippen molar-refractivity contribution in [2.75, 3.05) is 61.1 Å². The average Bonchev–Trinajstić information content (AvgIpc) is 2.76. The van der Waals surface area contributed by atoms with Gasteiger partial charge in [0, 0.05) is 39.3 Å². The van der Waals surface area contributed by atoms with Crippen LogP contribution >= 0.6 is 0 Å². The van der Waals surface area contributed by atoms with Crippen LogP contribution < -0.4 is 19.5 Å². The SMILES string of the molecule is CNC(=O)CN1CCN(C(=O)C=CC=Cc2cc(OC)c(OC)c(OC)c2)CC1. The molecule has 0 aliphatic carbocycles. The molecule has 1 aliphatic rings. The predicted octanol–water partition coefficient (Wildman–Crippen LogP) is 1.17. The topological polar surface area (TPSA) is 80.3 Å². The minimum Gasteiger partial charge on any atom is -0.493 e.